The average Bonchev–Trinajstić information content (AvgIpc) is 3.43. The number of hydrogen-bond donors (Lipinski definition) is 1. The summed E-state index contributed by atoms with van der Waals surface area (Å²) in [5.74, 6) is 0.530. The fraction of sp³-hybridized carbons (Fsp3) is 0.0909. The summed E-state index contributed by atoms with van der Waals surface area (Å²) < 4.78 is 19.8. The standard InChI is InChI=1S/C33H23BrClN3O6/c1-2-42-28-14-20(13-25(34)30(28)43-18-19-7-9-21(10-8-19)33(40)41)17-36-38-31(37-26-6-4-3-5-24(26)32(38)39)29-16-22-15-23(35)11-12-27(22)44-29/h3-17H,2,18H2,1H3,(H,40,41). The molecule has 220 valence electrons. The molecule has 0 amide bonds. The summed E-state index contributed by atoms with van der Waals surface area (Å²) in [6.45, 7) is 2.43. The van der Waals surface area contributed by atoms with Crippen molar-refractivity contribution < 1.29 is 23.8 Å². The lowest BCUT2D eigenvalue weighted by molar-refractivity contribution is 0.0697. The molecule has 1 N–H and O–H groups in total. The quantitative estimate of drug-likeness (QED) is 0.156. The summed E-state index contributed by atoms with van der Waals surface area (Å²) in [5, 5.41) is 15.4. The Balaban J connectivity index is 1.37. The Labute approximate surface area is 264 Å². The van der Waals surface area contributed by atoms with Gasteiger partial charge in [0.15, 0.2) is 17.3 Å². The first kappa shape index (κ1) is 29.2. The fourth-order valence-electron chi connectivity index (χ4n) is 4.60. The third kappa shape index (κ3) is 5.95. The number of rotatable bonds is 9. The highest BCUT2D eigenvalue weighted by atomic mass is 79.9. The number of fused-ring (bicyclic) bond motifs is 2. The molecule has 2 heterocycles. The molecule has 0 aliphatic carbocycles. The van der Waals surface area contributed by atoms with Crippen molar-refractivity contribution in [3.63, 3.8) is 0 Å². The molecule has 0 bridgehead atoms. The predicted molar refractivity (Wildman–Crippen MR) is 172 cm³/mol. The van der Waals surface area contributed by atoms with Crippen LogP contribution in [0.2, 0.25) is 5.02 Å². The number of hydrogen-bond acceptors (Lipinski definition) is 7. The molecular formula is C33H23BrClN3O6. The van der Waals surface area contributed by atoms with Crippen LogP contribution in [0.15, 0.2) is 104 Å². The van der Waals surface area contributed by atoms with Gasteiger partial charge in [0.2, 0.25) is 5.82 Å². The lowest BCUT2D eigenvalue weighted by atomic mass is 10.1. The molecule has 0 fully saturated rings. The van der Waals surface area contributed by atoms with Gasteiger partial charge >= 0.3 is 5.97 Å². The van der Waals surface area contributed by atoms with Gasteiger partial charge in [0.1, 0.15) is 12.2 Å². The van der Waals surface area contributed by atoms with Gasteiger partial charge in [-0.25, -0.2) is 9.78 Å². The number of carboxylic acid groups (broad SMARTS) is 1. The molecule has 44 heavy (non-hydrogen) atoms. The maximum absolute atomic E-state index is 13.6. The van der Waals surface area contributed by atoms with Crippen LogP contribution in [0.3, 0.4) is 0 Å². The van der Waals surface area contributed by atoms with E-state index >= 15 is 0 Å². The van der Waals surface area contributed by atoms with Gasteiger partial charge in [-0.2, -0.15) is 9.78 Å². The van der Waals surface area contributed by atoms with E-state index in [-0.39, 0.29) is 23.6 Å². The number of nitrogens with zero attached hydrogens (tertiary/aromatic N) is 3. The summed E-state index contributed by atoms with van der Waals surface area (Å²) in [6.07, 6.45) is 1.53. The van der Waals surface area contributed by atoms with E-state index in [0.29, 0.717) is 55.4 Å². The smallest absolute Gasteiger partial charge is 0.335 e. The highest BCUT2D eigenvalue weighted by molar-refractivity contribution is 9.10. The highest BCUT2D eigenvalue weighted by Gasteiger charge is 2.17. The first-order chi connectivity index (χ1) is 21.3. The van der Waals surface area contributed by atoms with Crippen molar-refractivity contribution in [1.82, 2.24) is 9.66 Å². The number of para-hydroxylation sites is 1. The lowest BCUT2D eigenvalue weighted by Crippen LogP contribution is -2.20. The molecule has 6 aromatic rings. The van der Waals surface area contributed by atoms with Crippen LogP contribution in [0.4, 0.5) is 0 Å². The van der Waals surface area contributed by atoms with E-state index in [9.17, 15) is 9.59 Å². The van der Waals surface area contributed by atoms with Gasteiger partial charge in [0.25, 0.3) is 5.56 Å². The summed E-state index contributed by atoms with van der Waals surface area (Å²) in [4.78, 5) is 29.5. The van der Waals surface area contributed by atoms with Gasteiger partial charge in [-0.1, -0.05) is 35.9 Å². The maximum Gasteiger partial charge on any atom is 0.335 e. The molecule has 0 saturated carbocycles. The monoisotopic (exact) mass is 671 g/mol. The van der Waals surface area contributed by atoms with Crippen molar-refractivity contribution in [2.45, 2.75) is 13.5 Å². The van der Waals surface area contributed by atoms with E-state index in [1.54, 1.807) is 66.7 Å². The average molecular weight is 673 g/mol. The minimum Gasteiger partial charge on any atom is -0.490 e. The van der Waals surface area contributed by atoms with Crippen LogP contribution in [0, 0.1) is 0 Å². The Kier molecular flexibility index (Phi) is 8.19. The van der Waals surface area contributed by atoms with Crippen LogP contribution in [0.25, 0.3) is 33.5 Å². The van der Waals surface area contributed by atoms with Crippen molar-refractivity contribution in [3.8, 4) is 23.1 Å². The van der Waals surface area contributed by atoms with E-state index in [1.807, 2.05) is 13.0 Å². The van der Waals surface area contributed by atoms with E-state index in [0.717, 1.165) is 10.9 Å². The van der Waals surface area contributed by atoms with Crippen LogP contribution < -0.4 is 15.0 Å². The van der Waals surface area contributed by atoms with Gasteiger partial charge in [0, 0.05) is 10.4 Å². The number of benzene rings is 4. The van der Waals surface area contributed by atoms with Crippen molar-refractivity contribution in [2.24, 2.45) is 5.10 Å². The number of furan rings is 1. The molecule has 0 saturated heterocycles. The predicted octanol–water partition coefficient (Wildman–Crippen LogP) is 7.78. The summed E-state index contributed by atoms with van der Waals surface area (Å²) in [7, 11) is 0. The molecular weight excluding hydrogens is 650 g/mol. The van der Waals surface area contributed by atoms with Gasteiger partial charge < -0.3 is 19.0 Å². The van der Waals surface area contributed by atoms with Gasteiger partial charge in [-0.05, 0) is 94.6 Å². The normalized spacial score (nSPS) is 11.4. The zero-order valence-corrected chi connectivity index (χ0v) is 25.5. The Morgan fingerprint density at radius 1 is 1.07 bits per heavy atom. The molecule has 0 aliphatic rings. The molecule has 0 radical (unpaired) electrons. The number of halogens is 2. The van der Waals surface area contributed by atoms with Crippen LogP contribution in [0.1, 0.15) is 28.4 Å². The summed E-state index contributed by atoms with van der Waals surface area (Å²) in [6, 6.07) is 24.1. The summed E-state index contributed by atoms with van der Waals surface area (Å²) in [5.41, 5.74) is 2.36. The van der Waals surface area contributed by atoms with Crippen molar-refractivity contribution in [2.75, 3.05) is 6.61 Å². The van der Waals surface area contributed by atoms with E-state index in [4.69, 9.17) is 35.6 Å². The molecule has 6 rings (SSSR count). The Hall–Kier alpha value is -4.93. The number of carboxylic acids is 1. The number of carbonyl (C=O) groups is 1. The molecule has 0 atom stereocenters. The molecule has 0 aliphatic heterocycles. The Bertz CT molecular complexity index is 2120. The minimum absolute atomic E-state index is 0.191. The lowest BCUT2D eigenvalue weighted by Gasteiger charge is -2.15. The minimum atomic E-state index is -0.993. The van der Waals surface area contributed by atoms with Crippen molar-refractivity contribution in [1.29, 1.82) is 0 Å². The molecule has 2 aromatic heterocycles. The molecule has 0 unspecified atom stereocenters. The zero-order chi connectivity index (χ0) is 30.8. The van der Waals surface area contributed by atoms with E-state index in [2.05, 4.69) is 21.0 Å². The van der Waals surface area contributed by atoms with Gasteiger partial charge in [-0.3, -0.25) is 4.79 Å². The second-order valence-electron chi connectivity index (χ2n) is 9.66. The molecule has 9 nitrogen and oxygen atoms in total. The first-order valence-corrected chi connectivity index (χ1v) is 14.6. The number of ether oxygens (including phenoxy) is 2. The Morgan fingerprint density at radius 3 is 2.64 bits per heavy atom. The van der Waals surface area contributed by atoms with E-state index in [1.165, 1.54) is 23.0 Å². The van der Waals surface area contributed by atoms with Gasteiger partial charge in [-0.15, -0.1) is 0 Å². The molecule has 4 aromatic carbocycles. The van der Waals surface area contributed by atoms with Crippen LogP contribution in [0.5, 0.6) is 11.5 Å². The zero-order valence-electron chi connectivity index (χ0n) is 23.2. The van der Waals surface area contributed by atoms with Crippen molar-refractivity contribution in [3.05, 3.63) is 121 Å². The number of aromatic nitrogens is 2. The molecule has 11 heteroatoms. The third-order valence-corrected chi connectivity index (χ3v) is 7.51. The summed E-state index contributed by atoms with van der Waals surface area (Å²) >= 11 is 9.74. The topological polar surface area (TPSA) is 116 Å². The Morgan fingerprint density at radius 2 is 1.86 bits per heavy atom. The van der Waals surface area contributed by atoms with Crippen LogP contribution in [-0.2, 0) is 6.61 Å². The van der Waals surface area contributed by atoms with E-state index < -0.39 is 5.97 Å². The highest BCUT2D eigenvalue weighted by Crippen LogP contribution is 2.37. The molecule has 0 spiro atoms. The second-order valence-corrected chi connectivity index (χ2v) is 11.0. The van der Waals surface area contributed by atoms with Gasteiger partial charge in [0.05, 0.1) is 33.8 Å². The SMILES string of the molecule is CCOc1cc(C=Nn2c(-c3cc4cc(Cl)ccc4o3)nc3ccccc3c2=O)cc(Br)c1OCc1ccc(C(=O)O)cc1. The first-order valence-electron chi connectivity index (χ1n) is 13.5. The van der Waals surface area contributed by atoms with Crippen molar-refractivity contribution >= 4 is 61.6 Å². The number of aromatic carboxylic acids is 1. The maximum atomic E-state index is 13.6. The second kappa shape index (κ2) is 12.4. The third-order valence-electron chi connectivity index (χ3n) is 6.69. The van der Waals surface area contributed by atoms with Crippen LogP contribution in [-0.4, -0.2) is 33.6 Å². The largest absolute Gasteiger partial charge is 0.490 e. The fourth-order valence-corrected chi connectivity index (χ4v) is 5.36. The van der Waals surface area contributed by atoms with Crippen LogP contribution >= 0.6 is 27.5 Å².